The lowest BCUT2D eigenvalue weighted by atomic mass is 10.0. The van der Waals surface area contributed by atoms with Crippen LogP contribution in [0.5, 0.6) is 0 Å². The summed E-state index contributed by atoms with van der Waals surface area (Å²) in [6.45, 7) is 3.78. The van der Waals surface area contributed by atoms with E-state index >= 15 is 0 Å². The van der Waals surface area contributed by atoms with Gasteiger partial charge in [0.1, 0.15) is 5.82 Å². The highest BCUT2D eigenvalue weighted by molar-refractivity contribution is 5.89. The van der Waals surface area contributed by atoms with Gasteiger partial charge in [0.25, 0.3) is 0 Å². The lowest BCUT2D eigenvalue weighted by molar-refractivity contribution is 0.0688. The number of carbonyl (C=O) groups is 1. The van der Waals surface area contributed by atoms with E-state index in [4.69, 9.17) is 10.8 Å². The van der Waals surface area contributed by atoms with Crippen LogP contribution in [0, 0.1) is 0 Å². The summed E-state index contributed by atoms with van der Waals surface area (Å²) in [5.41, 5.74) is 6.34. The first-order valence-corrected chi connectivity index (χ1v) is 4.00. The van der Waals surface area contributed by atoms with Crippen LogP contribution in [-0.4, -0.2) is 20.9 Å². The molecule has 1 aromatic rings. The van der Waals surface area contributed by atoms with Crippen molar-refractivity contribution in [3.63, 3.8) is 0 Å². The van der Waals surface area contributed by atoms with Gasteiger partial charge in [-0.25, -0.2) is 4.79 Å². The molecule has 0 aliphatic heterocycles. The lowest BCUT2D eigenvalue weighted by Gasteiger charge is -2.03. The summed E-state index contributed by atoms with van der Waals surface area (Å²) in [7, 11) is 1.63. The van der Waals surface area contributed by atoms with Crippen molar-refractivity contribution in [3.8, 4) is 0 Å². The zero-order valence-electron chi connectivity index (χ0n) is 7.90. The fourth-order valence-electron chi connectivity index (χ4n) is 1.28. The molecule has 0 aromatic carbocycles. The van der Waals surface area contributed by atoms with Gasteiger partial charge >= 0.3 is 5.97 Å². The van der Waals surface area contributed by atoms with E-state index in [-0.39, 0.29) is 11.6 Å². The molecule has 13 heavy (non-hydrogen) atoms. The van der Waals surface area contributed by atoms with Crippen molar-refractivity contribution in [2.24, 2.45) is 7.05 Å². The van der Waals surface area contributed by atoms with Crippen molar-refractivity contribution in [3.05, 3.63) is 11.3 Å². The second-order valence-electron chi connectivity index (χ2n) is 3.23. The third kappa shape index (κ3) is 1.49. The molecule has 1 heterocycles. The molecule has 0 atom stereocenters. The first kappa shape index (κ1) is 9.57. The smallest absolute Gasteiger partial charge is 0.356 e. The summed E-state index contributed by atoms with van der Waals surface area (Å²) in [5, 5.41) is 12.6. The Bertz CT molecular complexity index is 341. The maximum absolute atomic E-state index is 10.8. The van der Waals surface area contributed by atoms with E-state index in [0.29, 0.717) is 11.4 Å². The summed E-state index contributed by atoms with van der Waals surface area (Å²) in [4.78, 5) is 10.8. The number of carboxylic acid groups (broad SMARTS) is 1. The number of aromatic carboxylic acids is 1. The molecule has 1 aromatic heterocycles. The Labute approximate surface area is 76.2 Å². The van der Waals surface area contributed by atoms with Crippen molar-refractivity contribution in [2.75, 3.05) is 5.73 Å². The first-order valence-electron chi connectivity index (χ1n) is 4.00. The van der Waals surface area contributed by atoms with Crippen LogP contribution >= 0.6 is 0 Å². The number of anilines is 1. The third-order valence-electron chi connectivity index (χ3n) is 1.91. The minimum atomic E-state index is -1.03. The molecule has 0 amide bonds. The van der Waals surface area contributed by atoms with Gasteiger partial charge in [0.05, 0.1) is 0 Å². The molecule has 0 saturated heterocycles. The normalized spacial score (nSPS) is 10.8. The van der Waals surface area contributed by atoms with Crippen LogP contribution in [-0.2, 0) is 7.05 Å². The second kappa shape index (κ2) is 3.08. The van der Waals surface area contributed by atoms with E-state index in [1.807, 2.05) is 13.8 Å². The lowest BCUT2D eigenvalue weighted by Crippen LogP contribution is -2.03. The fourth-order valence-corrected chi connectivity index (χ4v) is 1.28. The molecule has 1 rings (SSSR count). The van der Waals surface area contributed by atoms with Gasteiger partial charge in [0.15, 0.2) is 5.69 Å². The molecule has 0 fully saturated rings. The minimum absolute atomic E-state index is 0.0509. The topological polar surface area (TPSA) is 81.1 Å². The number of aryl methyl sites for hydroxylation is 1. The molecule has 0 unspecified atom stereocenters. The van der Waals surface area contributed by atoms with Crippen molar-refractivity contribution < 1.29 is 9.90 Å². The summed E-state index contributed by atoms with van der Waals surface area (Å²) < 4.78 is 1.39. The summed E-state index contributed by atoms with van der Waals surface area (Å²) in [6, 6.07) is 0. The van der Waals surface area contributed by atoms with Gasteiger partial charge in [-0.3, -0.25) is 4.68 Å². The molecular formula is C8H13N3O2. The standard InChI is InChI=1S/C8H13N3O2/c1-4(2)5-6(8(12)13)10-11(3)7(5)9/h4H,9H2,1-3H3,(H,12,13). The highest BCUT2D eigenvalue weighted by Gasteiger charge is 2.21. The fraction of sp³-hybridized carbons (Fsp3) is 0.500. The highest BCUT2D eigenvalue weighted by atomic mass is 16.4. The van der Waals surface area contributed by atoms with Crippen LogP contribution in [0.3, 0.4) is 0 Å². The molecular weight excluding hydrogens is 170 g/mol. The molecule has 0 aliphatic rings. The molecule has 72 valence electrons. The maximum atomic E-state index is 10.8. The van der Waals surface area contributed by atoms with E-state index in [2.05, 4.69) is 5.10 Å². The average Bonchev–Trinajstić information content (AvgIpc) is 2.28. The molecule has 5 heteroatoms. The zero-order valence-corrected chi connectivity index (χ0v) is 7.90. The molecule has 0 radical (unpaired) electrons. The van der Waals surface area contributed by atoms with Gasteiger partial charge < -0.3 is 10.8 Å². The first-order chi connectivity index (χ1) is 5.95. The Morgan fingerprint density at radius 2 is 2.15 bits per heavy atom. The Morgan fingerprint density at radius 1 is 1.62 bits per heavy atom. The highest BCUT2D eigenvalue weighted by Crippen LogP contribution is 2.24. The average molecular weight is 183 g/mol. The van der Waals surface area contributed by atoms with Gasteiger partial charge in [-0.15, -0.1) is 0 Å². The van der Waals surface area contributed by atoms with Gasteiger partial charge in [-0.05, 0) is 5.92 Å². The maximum Gasteiger partial charge on any atom is 0.356 e. The van der Waals surface area contributed by atoms with E-state index in [0.717, 1.165) is 0 Å². The van der Waals surface area contributed by atoms with Gasteiger partial charge in [0.2, 0.25) is 0 Å². The SMILES string of the molecule is CC(C)c1c(C(=O)O)nn(C)c1N. The van der Waals surface area contributed by atoms with Crippen LogP contribution in [0.2, 0.25) is 0 Å². The van der Waals surface area contributed by atoms with Crippen molar-refractivity contribution in [2.45, 2.75) is 19.8 Å². The molecule has 0 aliphatic carbocycles. The Kier molecular flexibility index (Phi) is 2.27. The van der Waals surface area contributed by atoms with Gasteiger partial charge in [-0.1, -0.05) is 13.8 Å². The van der Waals surface area contributed by atoms with E-state index in [9.17, 15) is 4.79 Å². The molecule has 5 nitrogen and oxygen atoms in total. The minimum Gasteiger partial charge on any atom is -0.476 e. The Hall–Kier alpha value is -1.52. The molecule has 3 N–H and O–H groups in total. The van der Waals surface area contributed by atoms with Crippen LogP contribution in [0.25, 0.3) is 0 Å². The number of nitrogens with zero attached hydrogens (tertiary/aromatic N) is 2. The monoisotopic (exact) mass is 183 g/mol. The Balaban J connectivity index is 3.35. The number of nitrogens with two attached hydrogens (primary N) is 1. The summed E-state index contributed by atoms with van der Waals surface area (Å²) in [5.74, 6) is -0.539. The largest absolute Gasteiger partial charge is 0.476 e. The number of carboxylic acids is 1. The molecule has 0 spiro atoms. The van der Waals surface area contributed by atoms with E-state index in [1.165, 1.54) is 4.68 Å². The summed E-state index contributed by atoms with van der Waals surface area (Å²) in [6.07, 6.45) is 0. The van der Waals surface area contributed by atoms with Crippen LogP contribution in [0.4, 0.5) is 5.82 Å². The van der Waals surface area contributed by atoms with Crippen LogP contribution in [0.15, 0.2) is 0 Å². The number of aromatic nitrogens is 2. The van der Waals surface area contributed by atoms with Gasteiger partial charge in [0, 0.05) is 12.6 Å². The second-order valence-corrected chi connectivity index (χ2v) is 3.23. The molecule has 0 bridgehead atoms. The number of rotatable bonds is 2. The Morgan fingerprint density at radius 3 is 2.46 bits per heavy atom. The van der Waals surface area contributed by atoms with Crippen molar-refractivity contribution >= 4 is 11.8 Å². The predicted molar refractivity (Wildman–Crippen MR) is 48.7 cm³/mol. The van der Waals surface area contributed by atoms with Crippen LogP contribution in [0.1, 0.15) is 35.8 Å². The zero-order chi connectivity index (χ0) is 10.2. The number of hydrogen-bond donors (Lipinski definition) is 2. The van der Waals surface area contributed by atoms with E-state index in [1.54, 1.807) is 7.05 Å². The number of hydrogen-bond acceptors (Lipinski definition) is 3. The molecule has 0 saturated carbocycles. The van der Waals surface area contributed by atoms with Gasteiger partial charge in [-0.2, -0.15) is 5.10 Å². The quantitative estimate of drug-likeness (QED) is 0.711. The van der Waals surface area contributed by atoms with Crippen molar-refractivity contribution in [1.29, 1.82) is 0 Å². The number of nitrogen functional groups attached to an aromatic ring is 1. The summed E-state index contributed by atoms with van der Waals surface area (Å²) >= 11 is 0. The third-order valence-corrected chi connectivity index (χ3v) is 1.91. The van der Waals surface area contributed by atoms with Crippen molar-refractivity contribution in [1.82, 2.24) is 9.78 Å². The van der Waals surface area contributed by atoms with Crippen LogP contribution < -0.4 is 5.73 Å². The predicted octanol–water partition coefficient (Wildman–Crippen LogP) is 0.824. The van der Waals surface area contributed by atoms with E-state index < -0.39 is 5.97 Å².